The molecule has 0 aliphatic rings. The third-order valence-electron chi connectivity index (χ3n) is 2.55. The Balaban J connectivity index is 2.58. The number of methoxy groups -OCH3 is 1. The highest BCUT2D eigenvalue weighted by molar-refractivity contribution is 7.88. The summed E-state index contributed by atoms with van der Waals surface area (Å²) in [7, 11) is -1.60. The smallest absolute Gasteiger partial charge is 0.209 e. The lowest BCUT2D eigenvalue weighted by Crippen LogP contribution is -2.49. The summed E-state index contributed by atoms with van der Waals surface area (Å²) >= 11 is 0. The second-order valence-electron chi connectivity index (χ2n) is 5.50. The summed E-state index contributed by atoms with van der Waals surface area (Å²) in [6.07, 6.45) is 1.15. The molecule has 1 aromatic heterocycles. The van der Waals surface area contributed by atoms with Crippen molar-refractivity contribution >= 4 is 10.0 Å². The molecule has 0 saturated heterocycles. The first-order chi connectivity index (χ1) is 9.11. The van der Waals surface area contributed by atoms with Crippen LogP contribution in [-0.2, 0) is 16.6 Å². The first-order valence-electron chi connectivity index (χ1n) is 6.32. The molecule has 1 aromatic rings. The van der Waals surface area contributed by atoms with Gasteiger partial charge in [0.25, 0.3) is 0 Å². The number of nitrogens with one attached hydrogen (secondary N) is 2. The Morgan fingerprint density at radius 3 is 2.55 bits per heavy atom. The van der Waals surface area contributed by atoms with E-state index in [0.29, 0.717) is 13.1 Å². The topological polar surface area (TPSA) is 80.3 Å². The predicted molar refractivity (Wildman–Crippen MR) is 79.3 cm³/mol. The van der Waals surface area contributed by atoms with Crippen LogP contribution in [0.5, 0.6) is 5.75 Å². The summed E-state index contributed by atoms with van der Waals surface area (Å²) in [5.74, 6) is 0.767. The van der Waals surface area contributed by atoms with Gasteiger partial charge < -0.3 is 10.1 Å². The van der Waals surface area contributed by atoms with Gasteiger partial charge >= 0.3 is 0 Å². The molecule has 7 heteroatoms. The van der Waals surface area contributed by atoms with Crippen molar-refractivity contribution in [1.29, 1.82) is 0 Å². The number of aromatic nitrogens is 1. The van der Waals surface area contributed by atoms with Crippen molar-refractivity contribution in [2.45, 2.75) is 32.9 Å². The van der Waals surface area contributed by atoms with Gasteiger partial charge in [-0.15, -0.1) is 0 Å². The first-order valence-corrected chi connectivity index (χ1v) is 8.22. The van der Waals surface area contributed by atoms with E-state index in [2.05, 4.69) is 15.0 Å². The van der Waals surface area contributed by atoms with Crippen LogP contribution >= 0.6 is 0 Å². The van der Waals surface area contributed by atoms with E-state index in [1.807, 2.05) is 32.9 Å². The van der Waals surface area contributed by atoms with Gasteiger partial charge in [-0.3, -0.25) is 4.98 Å². The largest absolute Gasteiger partial charge is 0.497 e. The summed E-state index contributed by atoms with van der Waals surface area (Å²) in [5, 5.41) is 3.20. The number of sulfonamides is 1. The second-order valence-corrected chi connectivity index (χ2v) is 7.25. The highest BCUT2D eigenvalue weighted by atomic mass is 32.2. The zero-order valence-electron chi connectivity index (χ0n) is 12.6. The fraction of sp³-hybridized carbons (Fsp3) is 0.615. The number of nitrogens with zero attached hydrogens (tertiary/aromatic N) is 1. The Kier molecular flexibility index (Phi) is 5.50. The molecule has 0 unspecified atom stereocenters. The summed E-state index contributed by atoms with van der Waals surface area (Å²) < 4.78 is 30.3. The molecular formula is C13H23N3O3S. The van der Waals surface area contributed by atoms with Gasteiger partial charge in [-0.1, -0.05) is 0 Å². The number of aryl methyl sites for hydroxylation is 1. The minimum absolute atomic E-state index is 0.498. The van der Waals surface area contributed by atoms with Crippen molar-refractivity contribution in [1.82, 2.24) is 15.0 Å². The molecule has 0 spiro atoms. The van der Waals surface area contributed by atoms with Crippen molar-refractivity contribution in [2.75, 3.05) is 19.9 Å². The number of hydrogen-bond acceptors (Lipinski definition) is 5. The van der Waals surface area contributed by atoms with Crippen LogP contribution in [0.3, 0.4) is 0 Å². The van der Waals surface area contributed by atoms with Crippen LogP contribution in [0.1, 0.15) is 25.2 Å². The lowest BCUT2D eigenvalue weighted by molar-refractivity contribution is 0.409. The summed E-state index contributed by atoms with van der Waals surface area (Å²) in [6, 6.07) is 3.72. The van der Waals surface area contributed by atoms with Gasteiger partial charge in [-0.2, -0.15) is 0 Å². The third kappa shape index (κ3) is 6.31. The number of ether oxygens (including phenoxy) is 1. The van der Waals surface area contributed by atoms with Gasteiger partial charge in [-0.25, -0.2) is 13.1 Å². The van der Waals surface area contributed by atoms with Crippen molar-refractivity contribution in [3.05, 3.63) is 23.5 Å². The summed E-state index contributed by atoms with van der Waals surface area (Å²) in [6.45, 7) is 6.60. The van der Waals surface area contributed by atoms with Gasteiger partial charge in [0.1, 0.15) is 5.75 Å². The first kappa shape index (κ1) is 16.9. The molecule has 0 aliphatic heterocycles. The van der Waals surface area contributed by atoms with E-state index < -0.39 is 15.6 Å². The van der Waals surface area contributed by atoms with Crippen LogP contribution in [0.2, 0.25) is 0 Å². The average molecular weight is 301 g/mol. The maximum absolute atomic E-state index is 11.2. The molecule has 1 heterocycles. The van der Waals surface area contributed by atoms with Gasteiger partial charge in [0.15, 0.2) is 0 Å². The van der Waals surface area contributed by atoms with Gasteiger partial charge in [0.05, 0.1) is 19.1 Å². The fourth-order valence-corrected chi connectivity index (χ4v) is 3.03. The summed E-state index contributed by atoms with van der Waals surface area (Å²) in [5.41, 5.74) is 1.19. The van der Waals surface area contributed by atoms with Crippen LogP contribution < -0.4 is 14.8 Å². The molecule has 0 bridgehead atoms. The average Bonchev–Trinajstić information content (AvgIpc) is 2.24. The molecule has 0 aromatic carbocycles. The van der Waals surface area contributed by atoms with Crippen LogP contribution in [0.25, 0.3) is 0 Å². The lowest BCUT2D eigenvalue weighted by Gasteiger charge is -2.25. The third-order valence-corrected chi connectivity index (χ3v) is 3.47. The van der Waals surface area contributed by atoms with E-state index in [9.17, 15) is 8.42 Å². The van der Waals surface area contributed by atoms with E-state index in [1.165, 1.54) is 0 Å². The summed E-state index contributed by atoms with van der Waals surface area (Å²) in [4.78, 5) is 4.39. The van der Waals surface area contributed by atoms with E-state index in [1.54, 1.807) is 7.11 Å². The minimum atomic E-state index is -3.22. The molecular weight excluding hydrogens is 278 g/mol. The molecule has 0 atom stereocenters. The number of rotatable bonds is 7. The van der Waals surface area contributed by atoms with Crippen LogP contribution in [0, 0.1) is 6.92 Å². The number of pyridine rings is 1. The molecule has 2 N–H and O–H groups in total. The standard InChI is InChI=1S/C13H23N3O3S/c1-10-6-12(19-4)7-11(15-10)8-14-9-13(2,3)16-20(5,17)18/h6-7,14,16H,8-9H2,1-5H3. The molecule has 0 fully saturated rings. The van der Waals surface area contributed by atoms with Crippen molar-refractivity contribution < 1.29 is 13.2 Å². The highest BCUT2D eigenvalue weighted by Crippen LogP contribution is 2.13. The molecule has 0 aliphatic carbocycles. The Morgan fingerprint density at radius 1 is 1.35 bits per heavy atom. The van der Waals surface area contributed by atoms with Crippen LogP contribution in [0.4, 0.5) is 0 Å². The quantitative estimate of drug-likeness (QED) is 0.779. The molecule has 20 heavy (non-hydrogen) atoms. The maximum Gasteiger partial charge on any atom is 0.209 e. The van der Waals surface area contributed by atoms with E-state index in [0.717, 1.165) is 23.4 Å². The Bertz CT molecular complexity index is 556. The minimum Gasteiger partial charge on any atom is -0.497 e. The van der Waals surface area contributed by atoms with Crippen LogP contribution in [-0.4, -0.2) is 38.9 Å². The second kappa shape index (κ2) is 6.51. The Labute approximate surface area is 121 Å². The van der Waals surface area contributed by atoms with Gasteiger partial charge in [-0.05, 0) is 20.8 Å². The van der Waals surface area contributed by atoms with E-state index in [-0.39, 0.29) is 0 Å². The molecule has 0 saturated carbocycles. The Hall–Kier alpha value is -1.18. The molecule has 1 rings (SSSR count). The van der Waals surface area contributed by atoms with Gasteiger partial charge in [0, 0.05) is 36.5 Å². The normalized spacial score (nSPS) is 12.4. The molecule has 114 valence electrons. The maximum atomic E-state index is 11.2. The fourth-order valence-electron chi connectivity index (χ4n) is 1.95. The molecule has 0 radical (unpaired) electrons. The van der Waals surface area contributed by atoms with Crippen molar-refractivity contribution in [3.63, 3.8) is 0 Å². The Morgan fingerprint density at radius 2 is 2.00 bits per heavy atom. The SMILES string of the molecule is COc1cc(C)nc(CNCC(C)(C)NS(C)(=O)=O)c1. The molecule has 0 amide bonds. The zero-order chi connectivity index (χ0) is 15.4. The predicted octanol–water partition coefficient (Wildman–Crippen LogP) is 0.816. The monoisotopic (exact) mass is 301 g/mol. The highest BCUT2D eigenvalue weighted by Gasteiger charge is 2.21. The van der Waals surface area contributed by atoms with Gasteiger partial charge in [0.2, 0.25) is 10.0 Å². The lowest BCUT2D eigenvalue weighted by atomic mass is 10.1. The van der Waals surface area contributed by atoms with E-state index >= 15 is 0 Å². The van der Waals surface area contributed by atoms with Crippen molar-refractivity contribution in [2.24, 2.45) is 0 Å². The van der Waals surface area contributed by atoms with E-state index in [4.69, 9.17) is 4.74 Å². The molecule has 6 nitrogen and oxygen atoms in total. The zero-order valence-corrected chi connectivity index (χ0v) is 13.5. The van der Waals surface area contributed by atoms with Crippen molar-refractivity contribution in [3.8, 4) is 5.75 Å². The number of hydrogen-bond donors (Lipinski definition) is 2. The van der Waals surface area contributed by atoms with Crippen LogP contribution in [0.15, 0.2) is 12.1 Å².